The molecular formula is C19H36N8O7. The van der Waals surface area contributed by atoms with Crippen molar-refractivity contribution in [2.24, 2.45) is 33.8 Å². The van der Waals surface area contributed by atoms with E-state index >= 15 is 0 Å². The van der Waals surface area contributed by atoms with Crippen molar-refractivity contribution < 1.29 is 34.2 Å². The first-order valence-electron chi connectivity index (χ1n) is 10.6. The van der Waals surface area contributed by atoms with Gasteiger partial charge in [-0.2, -0.15) is 0 Å². The van der Waals surface area contributed by atoms with Crippen molar-refractivity contribution in [2.75, 3.05) is 6.54 Å². The Morgan fingerprint density at radius 1 is 0.882 bits per heavy atom. The summed E-state index contributed by atoms with van der Waals surface area (Å²) in [5.41, 5.74) is 21.4. The molecule has 0 aromatic carbocycles. The van der Waals surface area contributed by atoms with Gasteiger partial charge in [0.1, 0.15) is 12.1 Å². The van der Waals surface area contributed by atoms with Gasteiger partial charge in [-0.3, -0.25) is 24.2 Å². The van der Waals surface area contributed by atoms with Gasteiger partial charge in [0.05, 0.1) is 18.6 Å². The molecule has 0 aromatic heterocycles. The van der Waals surface area contributed by atoms with E-state index in [0.29, 0.717) is 6.42 Å². The summed E-state index contributed by atoms with van der Waals surface area (Å²) >= 11 is 0. The molecule has 0 radical (unpaired) electrons. The zero-order valence-corrected chi connectivity index (χ0v) is 19.5. The molecule has 5 unspecified atom stereocenters. The number of nitrogens with two attached hydrogens (primary N) is 4. The highest BCUT2D eigenvalue weighted by Crippen LogP contribution is 2.06. The molecule has 0 saturated carbocycles. The second-order valence-electron chi connectivity index (χ2n) is 8.08. The van der Waals surface area contributed by atoms with Gasteiger partial charge in [0.25, 0.3) is 0 Å². The smallest absolute Gasteiger partial charge is 0.328 e. The Morgan fingerprint density at radius 3 is 1.88 bits per heavy atom. The zero-order valence-electron chi connectivity index (χ0n) is 19.5. The molecule has 15 heteroatoms. The Balaban J connectivity index is 5.32. The predicted octanol–water partition coefficient (Wildman–Crippen LogP) is -4.18. The fourth-order valence-corrected chi connectivity index (χ4v) is 2.76. The predicted molar refractivity (Wildman–Crippen MR) is 122 cm³/mol. The van der Waals surface area contributed by atoms with Crippen molar-refractivity contribution in [3.8, 4) is 0 Å². The van der Waals surface area contributed by atoms with Crippen LogP contribution in [0.25, 0.3) is 0 Å². The van der Waals surface area contributed by atoms with Gasteiger partial charge in [0.2, 0.25) is 23.6 Å². The number of aliphatic hydroxyl groups is 1. The summed E-state index contributed by atoms with van der Waals surface area (Å²) in [5.74, 6) is -5.50. The third kappa shape index (κ3) is 11.4. The van der Waals surface area contributed by atoms with Crippen LogP contribution in [-0.2, 0) is 24.0 Å². The van der Waals surface area contributed by atoms with E-state index in [-0.39, 0.29) is 18.9 Å². The van der Waals surface area contributed by atoms with Gasteiger partial charge < -0.3 is 49.1 Å². The van der Waals surface area contributed by atoms with Crippen LogP contribution >= 0.6 is 0 Å². The molecule has 34 heavy (non-hydrogen) atoms. The molecule has 0 spiro atoms. The van der Waals surface area contributed by atoms with Crippen LogP contribution in [0.2, 0.25) is 0 Å². The largest absolute Gasteiger partial charge is 0.480 e. The fraction of sp³-hybridized carbons (Fsp3) is 0.684. The maximum Gasteiger partial charge on any atom is 0.328 e. The van der Waals surface area contributed by atoms with Gasteiger partial charge in [0.15, 0.2) is 12.0 Å². The van der Waals surface area contributed by atoms with Crippen LogP contribution in [0.4, 0.5) is 0 Å². The second kappa shape index (κ2) is 14.6. The number of carboxylic acid groups (broad SMARTS) is 1. The van der Waals surface area contributed by atoms with Crippen LogP contribution in [0.5, 0.6) is 0 Å². The number of aliphatic hydroxyl groups excluding tert-OH is 1. The Hall–Kier alpha value is -3.46. The Morgan fingerprint density at radius 2 is 1.44 bits per heavy atom. The van der Waals surface area contributed by atoms with Crippen molar-refractivity contribution in [2.45, 2.75) is 70.3 Å². The van der Waals surface area contributed by atoms with Crippen molar-refractivity contribution in [1.82, 2.24) is 16.0 Å². The lowest BCUT2D eigenvalue weighted by Crippen LogP contribution is -2.59. The van der Waals surface area contributed by atoms with Gasteiger partial charge in [-0.25, -0.2) is 4.79 Å². The molecule has 4 amide bonds. The Bertz CT molecular complexity index is 768. The topological polar surface area (TPSA) is 278 Å². The first-order valence-corrected chi connectivity index (χ1v) is 10.6. The molecular weight excluding hydrogens is 452 g/mol. The summed E-state index contributed by atoms with van der Waals surface area (Å²) in [4.78, 5) is 64.2. The number of carbonyl (C=O) groups is 5. The Kier molecular flexibility index (Phi) is 13.2. The lowest BCUT2D eigenvalue weighted by atomic mass is 10.0. The number of hydrogen-bond acceptors (Lipinski definition) is 8. The van der Waals surface area contributed by atoms with E-state index in [4.69, 9.17) is 28.0 Å². The molecule has 0 aliphatic carbocycles. The molecule has 0 rings (SSSR count). The summed E-state index contributed by atoms with van der Waals surface area (Å²) in [6.45, 7) is 4.68. The highest BCUT2D eigenvalue weighted by atomic mass is 16.4. The summed E-state index contributed by atoms with van der Waals surface area (Å²) in [6.07, 6.45) is -1.45. The van der Waals surface area contributed by atoms with E-state index in [2.05, 4.69) is 15.6 Å². The van der Waals surface area contributed by atoms with E-state index in [0.717, 1.165) is 6.92 Å². The molecule has 0 aromatic rings. The van der Waals surface area contributed by atoms with Crippen molar-refractivity contribution in [1.29, 1.82) is 0 Å². The number of amides is 4. The third-order valence-corrected chi connectivity index (χ3v) is 4.64. The highest BCUT2D eigenvalue weighted by Gasteiger charge is 2.33. The molecule has 0 saturated heterocycles. The number of nitrogens with zero attached hydrogens (tertiary/aromatic N) is 1. The maximum atomic E-state index is 12.8. The lowest BCUT2D eigenvalue weighted by molar-refractivity contribution is -0.145. The molecule has 0 fully saturated rings. The molecule has 0 aliphatic heterocycles. The number of rotatable bonds is 15. The number of hydrogen-bond donors (Lipinski definition) is 9. The molecule has 194 valence electrons. The van der Waals surface area contributed by atoms with Crippen LogP contribution < -0.4 is 38.9 Å². The van der Waals surface area contributed by atoms with E-state index in [1.807, 2.05) is 5.32 Å². The number of primary amides is 1. The van der Waals surface area contributed by atoms with Gasteiger partial charge >= 0.3 is 5.97 Å². The second-order valence-corrected chi connectivity index (χ2v) is 8.08. The Labute approximate surface area is 197 Å². The number of carbonyl (C=O) groups excluding carboxylic acids is 4. The van der Waals surface area contributed by atoms with Gasteiger partial charge in [0, 0.05) is 6.54 Å². The number of aliphatic imine (C=N–C) groups is 1. The molecule has 0 aliphatic rings. The summed E-state index contributed by atoms with van der Waals surface area (Å²) in [6, 6.07) is -5.32. The highest BCUT2D eigenvalue weighted by molar-refractivity contribution is 5.96. The van der Waals surface area contributed by atoms with Crippen LogP contribution in [0, 0.1) is 5.92 Å². The van der Waals surface area contributed by atoms with E-state index in [1.54, 1.807) is 13.8 Å². The standard InChI is InChI=1S/C19H36N8O7/c1-8(2)13(26-15(30)10(20)5-4-6-24-19(22)23)17(32)25-11(7-12(21)29)16(31)27-14(9(3)28)18(33)34/h8-11,13-14,28H,4-7,20H2,1-3H3,(H2,21,29)(H,25,32)(H,26,30)(H,27,31)(H,33,34)(H4,22,23,24). The SMILES string of the molecule is CC(C)C(NC(=O)C(N)CCCN=C(N)N)C(=O)NC(CC(N)=O)C(=O)NC(C(=O)O)C(C)O. The number of aliphatic carboxylic acids is 1. The van der Waals surface area contributed by atoms with Gasteiger partial charge in [-0.15, -0.1) is 0 Å². The van der Waals surface area contributed by atoms with Gasteiger partial charge in [-0.05, 0) is 25.7 Å². The normalized spacial score (nSPS) is 15.2. The molecule has 13 N–H and O–H groups in total. The van der Waals surface area contributed by atoms with E-state index in [1.165, 1.54) is 0 Å². The fourth-order valence-electron chi connectivity index (χ4n) is 2.76. The minimum Gasteiger partial charge on any atom is -0.480 e. The van der Waals surface area contributed by atoms with Crippen molar-refractivity contribution >= 4 is 35.6 Å². The zero-order chi connectivity index (χ0) is 26.6. The average molecular weight is 489 g/mol. The monoisotopic (exact) mass is 488 g/mol. The summed E-state index contributed by atoms with van der Waals surface area (Å²) in [7, 11) is 0. The van der Waals surface area contributed by atoms with Crippen molar-refractivity contribution in [3.63, 3.8) is 0 Å². The molecule has 5 atom stereocenters. The van der Waals surface area contributed by atoms with Crippen LogP contribution in [0.3, 0.4) is 0 Å². The number of nitrogens with one attached hydrogen (secondary N) is 3. The summed E-state index contributed by atoms with van der Waals surface area (Å²) in [5, 5.41) is 25.5. The van der Waals surface area contributed by atoms with E-state index < -0.39 is 72.2 Å². The molecule has 15 nitrogen and oxygen atoms in total. The van der Waals surface area contributed by atoms with Crippen LogP contribution in [0.15, 0.2) is 4.99 Å². The summed E-state index contributed by atoms with van der Waals surface area (Å²) < 4.78 is 0. The number of guanidine groups is 1. The average Bonchev–Trinajstić information content (AvgIpc) is 2.70. The minimum absolute atomic E-state index is 0.0905. The van der Waals surface area contributed by atoms with Crippen LogP contribution in [-0.4, -0.2) is 82.6 Å². The van der Waals surface area contributed by atoms with E-state index in [9.17, 15) is 29.1 Å². The first kappa shape index (κ1) is 30.5. The number of carboxylic acids is 1. The maximum absolute atomic E-state index is 12.8. The van der Waals surface area contributed by atoms with Crippen molar-refractivity contribution in [3.05, 3.63) is 0 Å². The van der Waals surface area contributed by atoms with Crippen LogP contribution in [0.1, 0.15) is 40.0 Å². The minimum atomic E-state index is -1.68. The lowest BCUT2D eigenvalue weighted by Gasteiger charge is -2.27. The molecule has 0 bridgehead atoms. The molecule has 0 heterocycles. The third-order valence-electron chi connectivity index (χ3n) is 4.64. The quantitative estimate of drug-likeness (QED) is 0.0608. The first-order chi connectivity index (χ1) is 15.7. The van der Waals surface area contributed by atoms with Gasteiger partial charge in [-0.1, -0.05) is 13.8 Å².